The number of amides is 1. The maximum Gasteiger partial charge on any atom is 0.227 e. The number of fused-ring (bicyclic) bond motifs is 1. The van der Waals surface area contributed by atoms with Crippen molar-refractivity contribution in [3.63, 3.8) is 0 Å². The van der Waals surface area contributed by atoms with E-state index in [-0.39, 0.29) is 17.4 Å². The van der Waals surface area contributed by atoms with Crippen LogP contribution in [0.4, 0.5) is 5.69 Å². The number of nitrogens with one attached hydrogen (secondary N) is 2. The second-order valence-electron chi connectivity index (χ2n) is 6.85. The van der Waals surface area contributed by atoms with E-state index in [1.807, 2.05) is 26.2 Å². The molecule has 0 aromatic heterocycles. The molecule has 1 heterocycles. The number of nitrogens with zero attached hydrogens (tertiary/aromatic N) is 1. The first-order chi connectivity index (χ1) is 9.81. The summed E-state index contributed by atoms with van der Waals surface area (Å²) in [5.74, 6) is 0.0705. The Labute approximate surface area is 127 Å². The maximum absolute atomic E-state index is 12.6. The highest BCUT2D eigenvalue weighted by Crippen LogP contribution is 2.34. The Morgan fingerprint density at radius 1 is 1.38 bits per heavy atom. The molecule has 0 saturated heterocycles. The van der Waals surface area contributed by atoms with Gasteiger partial charge in [0.2, 0.25) is 5.91 Å². The normalized spacial score (nSPS) is 21.6. The van der Waals surface area contributed by atoms with E-state index >= 15 is 0 Å². The van der Waals surface area contributed by atoms with Gasteiger partial charge in [-0.1, -0.05) is 18.2 Å². The number of hydrogen-bond donors (Lipinski definition) is 2. The van der Waals surface area contributed by atoms with Crippen molar-refractivity contribution >= 4 is 11.6 Å². The lowest BCUT2D eigenvalue weighted by Gasteiger charge is -2.35. The van der Waals surface area contributed by atoms with Gasteiger partial charge in [0, 0.05) is 23.8 Å². The molecule has 4 nitrogen and oxygen atoms in total. The first-order valence-electron chi connectivity index (χ1n) is 7.62. The van der Waals surface area contributed by atoms with Crippen LogP contribution in [0.25, 0.3) is 0 Å². The molecule has 2 unspecified atom stereocenters. The van der Waals surface area contributed by atoms with Crippen LogP contribution in [0, 0.1) is 0 Å². The third kappa shape index (κ3) is 3.56. The van der Waals surface area contributed by atoms with Gasteiger partial charge in [-0.2, -0.15) is 0 Å². The summed E-state index contributed by atoms with van der Waals surface area (Å²) < 4.78 is 0. The fraction of sp³-hybridized carbons (Fsp3) is 0.588. The molecular weight excluding hydrogens is 262 g/mol. The monoisotopic (exact) mass is 289 g/mol. The van der Waals surface area contributed by atoms with Crippen LogP contribution in [-0.4, -0.2) is 43.0 Å². The van der Waals surface area contributed by atoms with Crippen molar-refractivity contribution in [1.29, 1.82) is 0 Å². The molecule has 2 N–H and O–H groups in total. The summed E-state index contributed by atoms with van der Waals surface area (Å²) in [5, 5.41) is 6.57. The Morgan fingerprint density at radius 2 is 2.05 bits per heavy atom. The Bertz CT molecular complexity index is 511. The predicted molar refractivity (Wildman–Crippen MR) is 87.7 cm³/mol. The van der Waals surface area contributed by atoms with E-state index in [0.717, 1.165) is 17.7 Å². The fourth-order valence-corrected chi connectivity index (χ4v) is 2.57. The Morgan fingerprint density at radius 3 is 2.71 bits per heavy atom. The Balaban J connectivity index is 2.10. The molecule has 21 heavy (non-hydrogen) atoms. The number of anilines is 1. The van der Waals surface area contributed by atoms with Crippen LogP contribution in [0.1, 0.15) is 38.7 Å². The summed E-state index contributed by atoms with van der Waals surface area (Å²) in [6.07, 6.45) is 0.839. The smallest absolute Gasteiger partial charge is 0.227 e. The van der Waals surface area contributed by atoms with Gasteiger partial charge in [-0.05, 0) is 52.9 Å². The number of hydrogen-bond acceptors (Lipinski definition) is 3. The molecule has 0 spiro atoms. The largest absolute Gasteiger partial charge is 0.382 e. The molecule has 0 radical (unpaired) electrons. The maximum atomic E-state index is 12.6. The number of benzene rings is 1. The summed E-state index contributed by atoms with van der Waals surface area (Å²) in [6, 6.07) is 8.43. The highest BCUT2D eigenvalue weighted by Gasteiger charge is 2.30. The first kappa shape index (κ1) is 15.8. The van der Waals surface area contributed by atoms with E-state index in [9.17, 15) is 4.79 Å². The van der Waals surface area contributed by atoms with E-state index in [1.54, 1.807) is 0 Å². The van der Waals surface area contributed by atoms with Crippen molar-refractivity contribution in [2.75, 3.05) is 26.0 Å². The molecule has 1 aliphatic heterocycles. The zero-order chi connectivity index (χ0) is 15.6. The molecule has 1 aromatic rings. The number of carbonyl (C=O) groups excluding carboxylic acids is 1. The lowest BCUT2D eigenvalue weighted by Crippen LogP contribution is -2.49. The van der Waals surface area contributed by atoms with Crippen molar-refractivity contribution in [1.82, 2.24) is 10.2 Å². The van der Waals surface area contributed by atoms with Crippen molar-refractivity contribution in [3.05, 3.63) is 29.8 Å². The van der Waals surface area contributed by atoms with Crippen molar-refractivity contribution in [3.8, 4) is 0 Å². The van der Waals surface area contributed by atoms with Crippen molar-refractivity contribution in [2.45, 2.75) is 44.7 Å². The average molecular weight is 289 g/mol. The van der Waals surface area contributed by atoms with Crippen LogP contribution in [0.3, 0.4) is 0 Å². The molecule has 0 aliphatic carbocycles. The second kappa shape index (κ2) is 6.06. The molecule has 0 fully saturated rings. The van der Waals surface area contributed by atoms with Gasteiger partial charge in [-0.15, -0.1) is 0 Å². The third-order valence-electron chi connectivity index (χ3n) is 4.55. The number of rotatable bonds is 4. The van der Waals surface area contributed by atoms with Crippen molar-refractivity contribution in [2.24, 2.45) is 0 Å². The summed E-state index contributed by atoms with van der Waals surface area (Å²) >= 11 is 0. The minimum Gasteiger partial charge on any atom is -0.382 e. The van der Waals surface area contributed by atoms with Crippen LogP contribution < -0.4 is 10.6 Å². The van der Waals surface area contributed by atoms with Crippen LogP contribution in [-0.2, 0) is 4.79 Å². The summed E-state index contributed by atoms with van der Waals surface area (Å²) in [6.45, 7) is 7.04. The van der Waals surface area contributed by atoms with E-state index in [2.05, 4.69) is 48.4 Å². The molecular formula is C17H27N3O. The lowest BCUT2D eigenvalue weighted by atomic mass is 9.86. The van der Waals surface area contributed by atoms with E-state index in [1.165, 1.54) is 0 Å². The van der Waals surface area contributed by atoms with Gasteiger partial charge in [0.1, 0.15) is 0 Å². The topological polar surface area (TPSA) is 44.4 Å². The van der Waals surface area contributed by atoms with Gasteiger partial charge in [0.25, 0.3) is 0 Å². The molecule has 1 aromatic carbocycles. The van der Waals surface area contributed by atoms with Gasteiger partial charge in [-0.25, -0.2) is 0 Å². The first-order valence-corrected chi connectivity index (χ1v) is 7.62. The van der Waals surface area contributed by atoms with Crippen LogP contribution in [0.15, 0.2) is 24.3 Å². The highest BCUT2D eigenvalue weighted by molar-refractivity contribution is 5.86. The van der Waals surface area contributed by atoms with Gasteiger partial charge in [0.05, 0.1) is 5.92 Å². The Kier molecular flexibility index (Phi) is 4.57. The molecule has 0 saturated carbocycles. The SMILES string of the molecule is CC1CC(C(=O)NCC(C)(C)N(C)C)c2ccccc2N1. The van der Waals surface area contributed by atoms with Gasteiger partial charge < -0.3 is 15.5 Å². The summed E-state index contributed by atoms with van der Waals surface area (Å²) in [5.41, 5.74) is 2.15. The molecule has 116 valence electrons. The standard InChI is InChI=1S/C17H27N3O/c1-12-10-14(13-8-6-7-9-15(13)19-12)16(21)18-11-17(2,3)20(4)5/h6-9,12,14,19H,10-11H2,1-5H3,(H,18,21). The molecule has 4 heteroatoms. The van der Waals surface area contributed by atoms with Crippen molar-refractivity contribution < 1.29 is 4.79 Å². The summed E-state index contributed by atoms with van der Waals surface area (Å²) in [7, 11) is 4.07. The van der Waals surface area contributed by atoms with Gasteiger partial charge >= 0.3 is 0 Å². The zero-order valence-corrected chi connectivity index (χ0v) is 13.7. The van der Waals surface area contributed by atoms with Crippen LogP contribution >= 0.6 is 0 Å². The minimum atomic E-state index is -0.0598. The fourth-order valence-electron chi connectivity index (χ4n) is 2.57. The highest BCUT2D eigenvalue weighted by atomic mass is 16.1. The molecule has 1 amide bonds. The van der Waals surface area contributed by atoms with E-state index < -0.39 is 0 Å². The lowest BCUT2D eigenvalue weighted by molar-refractivity contribution is -0.123. The van der Waals surface area contributed by atoms with Crippen LogP contribution in [0.5, 0.6) is 0 Å². The minimum absolute atomic E-state index is 0.0479. The number of para-hydroxylation sites is 1. The van der Waals surface area contributed by atoms with Gasteiger partial charge in [0.15, 0.2) is 0 Å². The number of carbonyl (C=O) groups is 1. The molecule has 0 bridgehead atoms. The van der Waals surface area contributed by atoms with E-state index in [0.29, 0.717) is 12.6 Å². The average Bonchev–Trinajstić information content (AvgIpc) is 2.43. The number of likely N-dealkylation sites (N-methyl/N-ethyl adjacent to an activating group) is 1. The zero-order valence-electron chi connectivity index (χ0n) is 13.7. The predicted octanol–water partition coefficient (Wildman–Crippen LogP) is 2.43. The summed E-state index contributed by atoms with van der Waals surface area (Å²) in [4.78, 5) is 14.7. The molecule has 1 aliphatic rings. The van der Waals surface area contributed by atoms with Crippen LogP contribution in [0.2, 0.25) is 0 Å². The molecule has 2 rings (SSSR count). The second-order valence-corrected chi connectivity index (χ2v) is 6.85. The molecule has 2 atom stereocenters. The quantitative estimate of drug-likeness (QED) is 0.895. The van der Waals surface area contributed by atoms with Gasteiger partial charge in [-0.3, -0.25) is 4.79 Å². The van der Waals surface area contributed by atoms with E-state index in [4.69, 9.17) is 0 Å². The Hall–Kier alpha value is -1.55. The third-order valence-corrected chi connectivity index (χ3v) is 4.55.